The highest BCUT2D eigenvalue weighted by atomic mass is 19.1. The number of halogens is 1. The highest BCUT2D eigenvalue weighted by Crippen LogP contribution is 2.21. The molecule has 2 aromatic carbocycles. The largest absolute Gasteiger partial charge is 0.383 e. The van der Waals surface area contributed by atoms with Gasteiger partial charge in [-0.2, -0.15) is 0 Å². The van der Waals surface area contributed by atoms with Crippen LogP contribution in [-0.2, 0) is 0 Å². The van der Waals surface area contributed by atoms with Gasteiger partial charge in [0.2, 0.25) is 0 Å². The summed E-state index contributed by atoms with van der Waals surface area (Å²) >= 11 is 0. The Kier molecular flexibility index (Phi) is 2.41. The summed E-state index contributed by atoms with van der Waals surface area (Å²) in [4.78, 5) is 8.52. The topological polar surface area (TPSA) is 50.7 Å². The highest BCUT2D eigenvalue weighted by molar-refractivity contribution is 6.22. The van der Waals surface area contributed by atoms with Crippen LogP contribution in [0.5, 0.6) is 0 Å². The van der Waals surface area contributed by atoms with E-state index in [2.05, 4.69) is 9.98 Å². The lowest BCUT2D eigenvalue weighted by atomic mass is 10.1. The minimum absolute atomic E-state index is 0.319. The molecule has 0 atom stereocenters. The molecule has 4 heteroatoms. The third-order valence-corrected chi connectivity index (χ3v) is 2.71. The van der Waals surface area contributed by atoms with Crippen molar-refractivity contribution in [3.05, 3.63) is 65.5 Å². The van der Waals surface area contributed by atoms with Gasteiger partial charge in [-0.15, -0.1) is 0 Å². The molecule has 3 rings (SSSR count). The van der Waals surface area contributed by atoms with Crippen molar-refractivity contribution in [2.75, 3.05) is 0 Å². The van der Waals surface area contributed by atoms with Crippen molar-refractivity contribution < 1.29 is 4.39 Å². The Hall–Kier alpha value is -2.49. The van der Waals surface area contributed by atoms with Gasteiger partial charge in [0.25, 0.3) is 0 Å². The van der Waals surface area contributed by atoms with Crippen LogP contribution < -0.4 is 5.73 Å². The van der Waals surface area contributed by atoms with Gasteiger partial charge in [0.1, 0.15) is 11.7 Å². The Morgan fingerprint density at radius 3 is 2.56 bits per heavy atom. The number of nitrogens with zero attached hydrogens (tertiary/aromatic N) is 2. The molecule has 0 fully saturated rings. The number of amidine groups is 2. The van der Waals surface area contributed by atoms with Crippen LogP contribution in [-0.4, -0.2) is 11.7 Å². The third-order valence-electron chi connectivity index (χ3n) is 2.71. The Morgan fingerprint density at radius 2 is 1.78 bits per heavy atom. The van der Waals surface area contributed by atoms with E-state index in [0.29, 0.717) is 17.4 Å². The van der Waals surface area contributed by atoms with Gasteiger partial charge >= 0.3 is 0 Å². The monoisotopic (exact) mass is 239 g/mol. The van der Waals surface area contributed by atoms with E-state index in [-0.39, 0.29) is 5.82 Å². The summed E-state index contributed by atoms with van der Waals surface area (Å²) in [7, 11) is 0. The molecule has 2 aromatic rings. The first-order chi connectivity index (χ1) is 8.74. The van der Waals surface area contributed by atoms with Crippen LogP contribution in [0, 0.1) is 5.82 Å². The van der Waals surface area contributed by atoms with E-state index < -0.39 is 0 Å². The third kappa shape index (κ3) is 1.78. The van der Waals surface area contributed by atoms with Crippen LogP contribution in [0.15, 0.2) is 58.5 Å². The summed E-state index contributed by atoms with van der Waals surface area (Å²) in [5.74, 6) is 0.648. The maximum Gasteiger partial charge on any atom is 0.162 e. The zero-order valence-corrected chi connectivity index (χ0v) is 9.47. The maximum atomic E-state index is 13.1. The minimum atomic E-state index is -0.319. The minimum Gasteiger partial charge on any atom is -0.383 e. The first-order valence-corrected chi connectivity index (χ1v) is 5.52. The molecule has 0 saturated heterocycles. The summed E-state index contributed by atoms with van der Waals surface area (Å²) in [6.07, 6.45) is 0. The van der Waals surface area contributed by atoms with Gasteiger partial charge in [-0.1, -0.05) is 30.3 Å². The lowest BCUT2D eigenvalue weighted by Gasteiger charge is -1.98. The van der Waals surface area contributed by atoms with E-state index in [1.54, 1.807) is 12.1 Å². The average molecular weight is 239 g/mol. The van der Waals surface area contributed by atoms with Crippen molar-refractivity contribution in [1.29, 1.82) is 0 Å². The molecule has 88 valence electrons. The van der Waals surface area contributed by atoms with Crippen LogP contribution >= 0.6 is 0 Å². The van der Waals surface area contributed by atoms with Crippen molar-refractivity contribution >= 4 is 17.4 Å². The Labute approximate surface area is 104 Å². The van der Waals surface area contributed by atoms with Gasteiger partial charge in [0.15, 0.2) is 5.84 Å². The molecule has 3 nitrogen and oxygen atoms in total. The van der Waals surface area contributed by atoms with E-state index >= 15 is 0 Å². The fourth-order valence-electron chi connectivity index (χ4n) is 1.89. The zero-order valence-electron chi connectivity index (χ0n) is 9.47. The van der Waals surface area contributed by atoms with Crippen LogP contribution in [0.2, 0.25) is 0 Å². The van der Waals surface area contributed by atoms with Gasteiger partial charge in [-0.25, -0.2) is 14.4 Å². The van der Waals surface area contributed by atoms with Gasteiger partial charge in [-0.3, -0.25) is 0 Å². The number of fused-ring (bicyclic) bond motifs is 1. The molecular weight excluding hydrogens is 229 g/mol. The number of nitrogens with two attached hydrogens (primary N) is 1. The fourth-order valence-corrected chi connectivity index (χ4v) is 1.89. The molecule has 1 heterocycles. The van der Waals surface area contributed by atoms with E-state index in [1.165, 1.54) is 12.1 Å². The lowest BCUT2D eigenvalue weighted by molar-refractivity contribution is 0.628. The smallest absolute Gasteiger partial charge is 0.162 e. The average Bonchev–Trinajstić information content (AvgIpc) is 2.67. The predicted molar refractivity (Wildman–Crippen MR) is 69.8 cm³/mol. The summed E-state index contributed by atoms with van der Waals surface area (Å²) < 4.78 is 13.1. The van der Waals surface area contributed by atoms with E-state index in [4.69, 9.17) is 5.73 Å². The molecular formula is C14H10FN3. The van der Waals surface area contributed by atoms with E-state index in [0.717, 1.165) is 11.1 Å². The number of hydrogen-bond donors (Lipinski definition) is 1. The van der Waals surface area contributed by atoms with Gasteiger partial charge in [-0.05, 0) is 18.2 Å². The second-order valence-corrected chi connectivity index (χ2v) is 3.96. The molecule has 2 N–H and O–H groups in total. The standard InChI is InChI=1S/C14H10FN3/c15-9-4-3-5-10(8-9)17-14-12-7-2-1-6-11(12)13(16)18-14/h1-8H,(H2,16,17,18). The molecule has 18 heavy (non-hydrogen) atoms. The Morgan fingerprint density at radius 1 is 1.00 bits per heavy atom. The first kappa shape index (κ1) is 10.7. The van der Waals surface area contributed by atoms with Crippen molar-refractivity contribution in [2.45, 2.75) is 0 Å². The number of hydrogen-bond acceptors (Lipinski definition) is 2. The lowest BCUT2D eigenvalue weighted by Crippen LogP contribution is -2.09. The number of benzene rings is 2. The van der Waals surface area contributed by atoms with Crippen molar-refractivity contribution in [3.8, 4) is 0 Å². The normalized spacial score (nSPS) is 15.6. The SMILES string of the molecule is NC1=NC(=Nc2cccc(F)c2)c2ccccc21. The second-order valence-electron chi connectivity index (χ2n) is 3.96. The van der Waals surface area contributed by atoms with E-state index in [9.17, 15) is 4.39 Å². The van der Waals surface area contributed by atoms with Crippen LogP contribution in [0.1, 0.15) is 11.1 Å². The van der Waals surface area contributed by atoms with Crippen LogP contribution in [0.3, 0.4) is 0 Å². The van der Waals surface area contributed by atoms with Crippen LogP contribution in [0.4, 0.5) is 10.1 Å². The first-order valence-electron chi connectivity index (χ1n) is 5.52. The Balaban J connectivity index is 2.10. The molecule has 1 aliphatic heterocycles. The van der Waals surface area contributed by atoms with Gasteiger partial charge in [0, 0.05) is 11.1 Å². The molecule has 0 spiro atoms. The maximum absolute atomic E-state index is 13.1. The fraction of sp³-hybridized carbons (Fsp3) is 0. The van der Waals surface area contributed by atoms with Crippen LogP contribution in [0.25, 0.3) is 0 Å². The molecule has 0 aliphatic carbocycles. The molecule has 1 aliphatic rings. The summed E-state index contributed by atoms with van der Waals surface area (Å²) in [6, 6.07) is 13.7. The number of aliphatic imine (C=N–C) groups is 2. The molecule has 0 bridgehead atoms. The van der Waals surface area contributed by atoms with Gasteiger partial charge in [0.05, 0.1) is 5.69 Å². The van der Waals surface area contributed by atoms with Crippen molar-refractivity contribution in [1.82, 2.24) is 0 Å². The van der Waals surface area contributed by atoms with Crippen molar-refractivity contribution in [2.24, 2.45) is 15.7 Å². The zero-order chi connectivity index (χ0) is 12.5. The quantitative estimate of drug-likeness (QED) is 0.817. The summed E-state index contributed by atoms with van der Waals surface area (Å²) in [5, 5.41) is 0. The molecule has 0 saturated carbocycles. The molecule has 0 unspecified atom stereocenters. The summed E-state index contributed by atoms with van der Waals surface area (Å²) in [6.45, 7) is 0. The molecule has 0 radical (unpaired) electrons. The number of rotatable bonds is 1. The van der Waals surface area contributed by atoms with E-state index in [1.807, 2.05) is 24.3 Å². The van der Waals surface area contributed by atoms with Gasteiger partial charge < -0.3 is 5.73 Å². The highest BCUT2D eigenvalue weighted by Gasteiger charge is 2.18. The van der Waals surface area contributed by atoms with Crippen molar-refractivity contribution in [3.63, 3.8) is 0 Å². The molecule has 0 aromatic heterocycles. The Bertz CT molecular complexity index is 674. The second kappa shape index (κ2) is 4.07. The predicted octanol–water partition coefficient (Wildman–Crippen LogP) is 2.62. The molecule has 0 amide bonds. The summed E-state index contributed by atoms with van der Waals surface area (Å²) in [5.41, 5.74) is 8.08.